The van der Waals surface area contributed by atoms with Crippen molar-refractivity contribution in [2.45, 2.75) is 11.9 Å². The number of benzene rings is 1. The molecule has 0 saturated carbocycles. The van der Waals surface area contributed by atoms with Crippen LogP contribution in [-0.4, -0.2) is 12.4 Å². The highest BCUT2D eigenvalue weighted by Crippen LogP contribution is 2.33. The van der Waals surface area contributed by atoms with Crippen LogP contribution in [0.2, 0.25) is 0 Å². The summed E-state index contributed by atoms with van der Waals surface area (Å²) < 4.78 is 5.63. The molecule has 0 bridgehead atoms. The topological polar surface area (TPSA) is 9.23 Å². The normalized spacial score (nSPS) is 23.8. The van der Waals surface area contributed by atoms with Crippen molar-refractivity contribution >= 4 is 11.8 Å². The summed E-state index contributed by atoms with van der Waals surface area (Å²) in [6, 6.07) is 10.4. The van der Waals surface area contributed by atoms with Crippen molar-refractivity contribution in [1.82, 2.24) is 0 Å². The van der Waals surface area contributed by atoms with Gasteiger partial charge >= 0.3 is 0 Å². The average Bonchev–Trinajstić information content (AvgIpc) is 2.21. The highest BCUT2D eigenvalue weighted by atomic mass is 32.2. The largest absolute Gasteiger partial charge is 0.363 e. The van der Waals surface area contributed by atoms with E-state index in [0.29, 0.717) is 0 Å². The molecule has 12 heavy (non-hydrogen) atoms. The van der Waals surface area contributed by atoms with Gasteiger partial charge in [-0.3, -0.25) is 0 Å². The highest BCUT2D eigenvalue weighted by molar-refractivity contribution is 7.99. The lowest BCUT2D eigenvalue weighted by atomic mass is 10.2. The number of hydrogen-bond donors (Lipinski definition) is 0. The molecule has 1 unspecified atom stereocenters. The lowest BCUT2D eigenvalue weighted by Gasteiger charge is -2.22. The Morgan fingerprint density at radius 1 is 1.25 bits per heavy atom. The van der Waals surface area contributed by atoms with Gasteiger partial charge in [0.1, 0.15) is 5.44 Å². The molecule has 0 radical (unpaired) electrons. The van der Waals surface area contributed by atoms with Crippen molar-refractivity contribution in [2.24, 2.45) is 0 Å². The second-order valence-electron chi connectivity index (χ2n) is 2.84. The molecule has 1 heterocycles. The van der Waals surface area contributed by atoms with Crippen molar-refractivity contribution in [2.75, 3.05) is 12.4 Å². The van der Waals surface area contributed by atoms with Crippen LogP contribution in [0.15, 0.2) is 30.3 Å². The number of rotatable bonds is 1. The van der Waals surface area contributed by atoms with Gasteiger partial charge < -0.3 is 4.74 Å². The van der Waals surface area contributed by atoms with Gasteiger partial charge in [-0.2, -0.15) is 0 Å². The fraction of sp³-hybridized carbons (Fsp3) is 0.400. The fourth-order valence-electron chi connectivity index (χ4n) is 1.29. The Kier molecular flexibility index (Phi) is 2.69. The van der Waals surface area contributed by atoms with Gasteiger partial charge in [0, 0.05) is 6.61 Å². The molecule has 1 aliphatic heterocycles. The second kappa shape index (κ2) is 3.97. The van der Waals surface area contributed by atoms with Gasteiger partial charge in [-0.25, -0.2) is 0 Å². The molecular weight excluding hydrogens is 168 g/mol. The molecule has 1 aromatic carbocycles. The van der Waals surface area contributed by atoms with Gasteiger partial charge in [0.25, 0.3) is 0 Å². The Morgan fingerprint density at radius 2 is 2.08 bits per heavy atom. The van der Waals surface area contributed by atoms with Gasteiger partial charge in [0.15, 0.2) is 0 Å². The molecule has 0 aromatic heterocycles. The van der Waals surface area contributed by atoms with Crippen molar-refractivity contribution in [3.8, 4) is 0 Å². The first kappa shape index (κ1) is 8.14. The van der Waals surface area contributed by atoms with E-state index >= 15 is 0 Å². The molecule has 0 spiro atoms. The molecule has 1 saturated heterocycles. The van der Waals surface area contributed by atoms with Crippen LogP contribution < -0.4 is 0 Å². The first-order chi connectivity index (χ1) is 5.97. The Hall–Kier alpha value is -0.470. The van der Waals surface area contributed by atoms with Crippen LogP contribution in [-0.2, 0) is 4.74 Å². The Bertz CT molecular complexity index is 229. The predicted molar refractivity (Wildman–Crippen MR) is 52.2 cm³/mol. The molecular formula is C10H12OS. The molecule has 64 valence electrons. The zero-order valence-corrected chi connectivity index (χ0v) is 7.72. The number of thioether (sulfide) groups is 1. The van der Waals surface area contributed by atoms with Gasteiger partial charge in [-0.15, -0.1) is 11.8 Å². The minimum atomic E-state index is 0.278. The zero-order valence-electron chi connectivity index (χ0n) is 6.90. The SMILES string of the molecule is c1ccc(C2OCCCS2)cc1. The van der Waals surface area contributed by atoms with Gasteiger partial charge in [-0.05, 0) is 17.7 Å². The smallest absolute Gasteiger partial charge is 0.128 e. The summed E-state index contributed by atoms with van der Waals surface area (Å²) in [5.41, 5.74) is 1.57. The molecule has 1 fully saturated rings. The molecule has 0 N–H and O–H groups in total. The highest BCUT2D eigenvalue weighted by Gasteiger charge is 2.15. The second-order valence-corrected chi connectivity index (χ2v) is 4.01. The third-order valence-corrected chi connectivity index (χ3v) is 3.13. The summed E-state index contributed by atoms with van der Waals surface area (Å²) in [6.45, 7) is 0.909. The van der Waals surface area contributed by atoms with E-state index in [0.717, 1.165) is 6.61 Å². The van der Waals surface area contributed by atoms with Crippen LogP contribution in [0, 0.1) is 0 Å². The van der Waals surface area contributed by atoms with E-state index in [1.165, 1.54) is 17.7 Å². The summed E-state index contributed by atoms with van der Waals surface area (Å²) in [5, 5.41) is 0. The predicted octanol–water partition coefficient (Wildman–Crippen LogP) is 2.84. The molecule has 0 aliphatic carbocycles. The lowest BCUT2D eigenvalue weighted by Crippen LogP contribution is -2.09. The van der Waals surface area contributed by atoms with Gasteiger partial charge in [0.2, 0.25) is 0 Å². The number of ether oxygens (including phenoxy) is 1. The quantitative estimate of drug-likeness (QED) is 0.657. The van der Waals surface area contributed by atoms with E-state index in [1.807, 2.05) is 17.8 Å². The maximum absolute atomic E-state index is 5.63. The molecule has 2 heteroatoms. The molecule has 0 amide bonds. The van der Waals surface area contributed by atoms with Crippen molar-refractivity contribution in [3.05, 3.63) is 35.9 Å². The van der Waals surface area contributed by atoms with E-state index in [-0.39, 0.29) is 5.44 Å². The van der Waals surface area contributed by atoms with Gasteiger partial charge in [-0.1, -0.05) is 30.3 Å². The Balaban J connectivity index is 2.08. The molecule has 1 nitrogen and oxygen atoms in total. The van der Waals surface area contributed by atoms with Crippen LogP contribution in [0.4, 0.5) is 0 Å². The maximum atomic E-state index is 5.63. The van der Waals surface area contributed by atoms with Crippen LogP contribution in [0.1, 0.15) is 17.4 Å². The van der Waals surface area contributed by atoms with Crippen molar-refractivity contribution in [3.63, 3.8) is 0 Å². The number of hydrogen-bond acceptors (Lipinski definition) is 2. The van der Waals surface area contributed by atoms with Crippen LogP contribution in [0.25, 0.3) is 0 Å². The standard InChI is InChI=1S/C10H12OS/c1-2-5-9(6-3-1)10-11-7-4-8-12-10/h1-3,5-6,10H,4,7-8H2. The maximum Gasteiger partial charge on any atom is 0.128 e. The summed E-state index contributed by atoms with van der Waals surface area (Å²) in [4.78, 5) is 0. The van der Waals surface area contributed by atoms with Gasteiger partial charge in [0.05, 0.1) is 0 Å². The average molecular weight is 180 g/mol. The van der Waals surface area contributed by atoms with E-state index in [9.17, 15) is 0 Å². The third-order valence-electron chi connectivity index (χ3n) is 1.90. The molecule has 1 atom stereocenters. The van der Waals surface area contributed by atoms with E-state index in [2.05, 4.69) is 24.3 Å². The summed E-state index contributed by atoms with van der Waals surface area (Å²) >= 11 is 1.89. The monoisotopic (exact) mass is 180 g/mol. The van der Waals surface area contributed by atoms with Crippen molar-refractivity contribution < 1.29 is 4.74 Å². The Morgan fingerprint density at radius 3 is 2.75 bits per heavy atom. The van der Waals surface area contributed by atoms with Crippen LogP contribution >= 0.6 is 11.8 Å². The molecule has 2 rings (SSSR count). The van der Waals surface area contributed by atoms with E-state index < -0.39 is 0 Å². The zero-order chi connectivity index (χ0) is 8.23. The molecule has 1 aliphatic rings. The minimum Gasteiger partial charge on any atom is -0.363 e. The third kappa shape index (κ3) is 1.82. The summed E-state index contributed by atoms with van der Waals surface area (Å²) in [7, 11) is 0. The van der Waals surface area contributed by atoms with Crippen LogP contribution in [0.3, 0.4) is 0 Å². The first-order valence-electron chi connectivity index (χ1n) is 4.25. The summed E-state index contributed by atoms with van der Waals surface area (Å²) in [5.74, 6) is 1.22. The summed E-state index contributed by atoms with van der Waals surface area (Å²) in [6.07, 6.45) is 1.19. The first-order valence-corrected chi connectivity index (χ1v) is 5.30. The van der Waals surface area contributed by atoms with E-state index in [1.54, 1.807) is 0 Å². The van der Waals surface area contributed by atoms with E-state index in [4.69, 9.17) is 4.74 Å². The minimum absolute atomic E-state index is 0.278. The van der Waals surface area contributed by atoms with Crippen LogP contribution in [0.5, 0.6) is 0 Å². The lowest BCUT2D eigenvalue weighted by molar-refractivity contribution is 0.106. The fourth-order valence-corrected chi connectivity index (χ4v) is 2.33. The molecule has 1 aromatic rings. The Labute approximate surface area is 77.1 Å². The van der Waals surface area contributed by atoms with Crippen molar-refractivity contribution in [1.29, 1.82) is 0 Å².